The lowest BCUT2D eigenvalue weighted by atomic mass is 10.1. The molecule has 2 heterocycles. The Labute approximate surface area is 156 Å². The van der Waals surface area contributed by atoms with Crippen LogP contribution >= 0.6 is 0 Å². The first kappa shape index (κ1) is 16.8. The van der Waals surface area contributed by atoms with E-state index in [4.69, 9.17) is 4.74 Å². The summed E-state index contributed by atoms with van der Waals surface area (Å²) in [5.41, 5.74) is 4.28. The molecule has 0 aliphatic rings. The molecule has 4 rings (SSSR count). The van der Waals surface area contributed by atoms with E-state index < -0.39 is 5.97 Å². The Hall–Kier alpha value is -3.60. The lowest BCUT2D eigenvalue weighted by Gasteiger charge is -2.12. The van der Waals surface area contributed by atoms with Crippen molar-refractivity contribution in [2.24, 2.45) is 0 Å². The van der Waals surface area contributed by atoms with Crippen LogP contribution in [0.3, 0.4) is 0 Å². The molecule has 4 aromatic rings. The SMILES string of the molecule is COc1ccc2c(c1)cc(-c1cccnc1)n2Cc1cccc(C(=O)O)c1. The summed E-state index contributed by atoms with van der Waals surface area (Å²) in [6.07, 6.45) is 3.57. The molecule has 0 spiro atoms. The Balaban J connectivity index is 1.87. The van der Waals surface area contributed by atoms with Gasteiger partial charge in [0.2, 0.25) is 0 Å². The van der Waals surface area contributed by atoms with Gasteiger partial charge in [-0.3, -0.25) is 4.98 Å². The number of hydrogen-bond acceptors (Lipinski definition) is 3. The number of carboxylic acid groups (broad SMARTS) is 1. The van der Waals surface area contributed by atoms with Crippen LogP contribution in [0.15, 0.2) is 73.1 Å². The molecule has 0 aliphatic heterocycles. The van der Waals surface area contributed by atoms with E-state index in [1.165, 1.54) is 0 Å². The number of aromatic carboxylic acids is 1. The number of carboxylic acids is 1. The predicted octanol–water partition coefficient (Wildman–Crippen LogP) is 4.46. The second-order valence-corrected chi connectivity index (χ2v) is 6.29. The quantitative estimate of drug-likeness (QED) is 0.572. The van der Waals surface area contributed by atoms with E-state index in [0.717, 1.165) is 33.5 Å². The third kappa shape index (κ3) is 3.27. The number of hydrogen-bond donors (Lipinski definition) is 1. The Morgan fingerprint density at radius 1 is 1.11 bits per heavy atom. The molecule has 0 saturated carbocycles. The van der Waals surface area contributed by atoms with Gasteiger partial charge in [-0.15, -0.1) is 0 Å². The van der Waals surface area contributed by atoms with Crippen molar-refractivity contribution >= 4 is 16.9 Å². The minimum atomic E-state index is -0.925. The lowest BCUT2D eigenvalue weighted by Crippen LogP contribution is -2.04. The second-order valence-electron chi connectivity index (χ2n) is 6.29. The van der Waals surface area contributed by atoms with Crippen LogP contribution in [-0.4, -0.2) is 27.7 Å². The van der Waals surface area contributed by atoms with E-state index >= 15 is 0 Å². The van der Waals surface area contributed by atoms with Crippen molar-refractivity contribution in [3.8, 4) is 17.0 Å². The lowest BCUT2D eigenvalue weighted by molar-refractivity contribution is 0.0696. The number of ether oxygens (including phenoxy) is 1. The summed E-state index contributed by atoms with van der Waals surface area (Å²) in [5, 5.41) is 10.3. The number of benzene rings is 2. The fraction of sp³-hybridized carbons (Fsp3) is 0.0909. The Bertz CT molecular complexity index is 1120. The summed E-state index contributed by atoms with van der Waals surface area (Å²) in [5.74, 6) is -0.128. The van der Waals surface area contributed by atoms with E-state index in [2.05, 4.69) is 15.6 Å². The van der Waals surface area contributed by atoms with Crippen molar-refractivity contribution in [3.63, 3.8) is 0 Å². The average molecular weight is 358 g/mol. The molecule has 5 heteroatoms. The normalized spacial score (nSPS) is 10.9. The number of aromatic nitrogens is 2. The van der Waals surface area contributed by atoms with Gasteiger partial charge in [-0.05, 0) is 54.1 Å². The van der Waals surface area contributed by atoms with E-state index in [0.29, 0.717) is 6.54 Å². The zero-order chi connectivity index (χ0) is 18.8. The maximum Gasteiger partial charge on any atom is 0.335 e. The zero-order valence-electron chi connectivity index (χ0n) is 14.8. The first-order valence-corrected chi connectivity index (χ1v) is 8.55. The van der Waals surface area contributed by atoms with E-state index in [9.17, 15) is 9.90 Å². The summed E-state index contributed by atoms with van der Waals surface area (Å²) in [4.78, 5) is 15.5. The van der Waals surface area contributed by atoms with Gasteiger partial charge in [0.15, 0.2) is 0 Å². The van der Waals surface area contributed by atoms with Gasteiger partial charge in [0, 0.05) is 35.4 Å². The van der Waals surface area contributed by atoms with Crippen LogP contribution in [0, 0.1) is 0 Å². The highest BCUT2D eigenvalue weighted by Gasteiger charge is 2.13. The van der Waals surface area contributed by atoms with Crippen molar-refractivity contribution in [2.45, 2.75) is 6.54 Å². The predicted molar refractivity (Wildman–Crippen MR) is 104 cm³/mol. The number of fused-ring (bicyclic) bond motifs is 1. The molecule has 0 fully saturated rings. The number of rotatable bonds is 5. The van der Waals surface area contributed by atoms with E-state index in [1.54, 1.807) is 31.5 Å². The third-order valence-corrected chi connectivity index (χ3v) is 4.58. The molecular weight excluding hydrogens is 340 g/mol. The molecule has 0 aliphatic carbocycles. The monoisotopic (exact) mass is 358 g/mol. The number of nitrogens with zero attached hydrogens (tertiary/aromatic N) is 2. The molecule has 2 aromatic carbocycles. The highest BCUT2D eigenvalue weighted by Crippen LogP contribution is 2.31. The molecule has 0 bridgehead atoms. The Morgan fingerprint density at radius 2 is 2.00 bits per heavy atom. The second kappa shape index (κ2) is 6.96. The van der Waals surface area contributed by atoms with Gasteiger partial charge in [0.05, 0.1) is 18.4 Å². The molecule has 0 radical (unpaired) electrons. The van der Waals surface area contributed by atoms with Crippen LogP contribution in [0.1, 0.15) is 15.9 Å². The molecule has 0 amide bonds. The highest BCUT2D eigenvalue weighted by atomic mass is 16.5. The molecule has 1 N–H and O–H groups in total. The minimum absolute atomic E-state index is 0.286. The van der Waals surface area contributed by atoms with Gasteiger partial charge in [-0.2, -0.15) is 0 Å². The summed E-state index contributed by atoms with van der Waals surface area (Å²) in [6.45, 7) is 0.557. The van der Waals surface area contributed by atoms with Gasteiger partial charge >= 0.3 is 5.97 Å². The first-order valence-electron chi connectivity index (χ1n) is 8.55. The van der Waals surface area contributed by atoms with Crippen LogP contribution in [0.4, 0.5) is 0 Å². The maximum absolute atomic E-state index is 11.3. The van der Waals surface area contributed by atoms with Crippen LogP contribution < -0.4 is 4.74 Å². The van der Waals surface area contributed by atoms with Gasteiger partial charge in [-0.1, -0.05) is 12.1 Å². The van der Waals surface area contributed by atoms with Crippen molar-refractivity contribution < 1.29 is 14.6 Å². The molecule has 27 heavy (non-hydrogen) atoms. The Morgan fingerprint density at radius 3 is 2.74 bits per heavy atom. The van der Waals surface area contributed by atoms with Crippen molar-refractivity contribution in [2.75, 3.05) is 7.11 Å². The number of carbonyl (C=O) groups is 1. The molecule has 0 saturated heterocycles. The van der Waals surface area contributed by atoms with Crippen LogP contribution in [-0.2, 0) is 6.54 Å². The summed E-state index contributed by atoms with van der Waals surface area (Å²) >= 11 is 0. The number of methoxy groups -OCH3 is 1. The topological polar surface area (TPSA) is 64.4 Å². The maximum atomic E-state index is 11.3. The number of pyridine rings is 1. The average Bonchev–Trinajstić information content (AvgIpc) is 3.06. The minimum Gasteiger partial charge on any atom is -0.497 e. The third-order valence-electron chi connectivity index (χ3n) is 4.58. The summed E-state index contributed by atoms with van der Waals surface area (Å²) in [7, 11) is 1.65. The van der Waals surface area contributed by atoms with Gasteiger partial charge < -0.3 is 14.4 Å². The first-order chi connectivity index (χ1) is 13.2. The largest absolute Gasteiger partial charge is 0.497 e. The van der Waals surface area contributed by atoms with Crippen LogP contribution in [0.25, 0.3) is 22.2 Å². The molecular formula is C22H18N2O3. The molecule has 134 valence electrons. The highest BCUT2D eigenvalue weighted by molar-refractivity contribution is 5.89. The smallest absolute Gasteiger partial charge is 0.335 e. The van der Waals surface area contributed by atoms with Crippen molar-refractivity contribution in [1.29, 1.82) is 0 Å². The van der Waals surface area contributed by atoms with Gasteiger partial charge in [0.1, 0.15) is 5.75 Å². The van der Waals surface area contributed by atoms with E-state index in [1.807, 2.05) is 42.6 Å². The van der Waals surface area contributed by atoms with Crippen LogP contribution in [0.2, 0.25) is 0 Å². The van der Waals surface area contributed by atoms with Crippen molar-refractivity contribution in [3.05, 3.63) is 84.2 Å². The van der Waals surface area contributed by atoms with Gasteiger partial charge in [0.25, 0.3) is 0 Å². The standard InChI is InChI=1S/C22H18N2O3/c1-27-19-7-8-20-18(11-19)12-21(17-6-3-9-23-13-17)24(20)14-15-4-2-5-16(10-15)22(25)26/h2-13H,14H2,1H3,(H,25,26). The molecule has 0 atom stereocenters. The van der Waals surface area contributed by atoms with Crippen LogP contribution in [0.5, 0.6) is 5.75 Å². The van der Waals surface area contributed by atoms with Gasteiger partial charge in [-0.25, -0.2) is 4.79 Å². The molecule has 0 unspecified atom stereocenters. The zero-order valence-corrected chi connectivity index (χ0v) is 14.8. The fourth-order valence-electron chi connectivity index (χ4n) is 3.29. The van der Waals surface area contributed by atoms with E-state index in [-0.39, 0.29) is 5.56 Å². The fourth-order valence-corrected chi connectivity index (χ4v) is 3.29. The molecule has 2 aromatic heterocycles. The van der Waals surface area contributed by atoms with Crippen molar-refractivity contribution in [1.82, 2.24) is 9.55 Å². The summed E-state index contributed by atoms with van der Waals surface area (Å²) < 4.78 is 7.52. The summed E-state index contributed by atoms with van der Waals surface area (Å²) in [6, 6.07) is 19.0. The Kier molecular flexibility index (Phi) is 4.34. The molecule has 5 nitrogen and oxygen atoms in total.